The first kappa shape index (κ1) is 15.5. The van der Waals surface area contributed by atoms with Gasteiger partial charge in [-0.25, -0.2) is 4.98 Å². The molecular weight excluding hydrogens is 306 g/mol. The van der Waals surface area contributed by atoms with Gasteiger partial charge in [0.15, 0.2) is 0 Å². The highest BCUT2D eigenvalue weighted by molar-refractivity contribution is 6.24. The van der Waals surface area contributed by atoms with Crippen LogP contribution in [0.1, 0.15) is 16.8 Å². The van der Waals surface area contributed by atoms with Gasteiger partial charge in [-0.15, -0.1) is 0 Å². The quantitative estimate of drug-likeness (QED) is 0.626. The monoisotopic (exact) mass is 321 g/mol. The van der Waals surface area contributed by atoms with Crippen molar-refractivity contribution in [1.29, 1.82) is 0 Å². The van der Waals surface area contributed by atoms with Crippen LogP contribution in [0.2, 0.25) is 0 Å². The van der Waals surface area contributed by atoms with Crippen LogP contribution >= 0.6 is 0 Å². The van der Waals surface area contributed by atoms with Crippen LogP contribution in [0.15, 0.2) is 48.7 Å². The minimum absolute atomic E-state index is 0.142. The lowest BCUT2D eigenvalue weighted by atomic mass is 10.0. The van der Waals surface area contributed by atoms with Crippen LogP contribution in [0, 0.1) is 0 Å². The number of hydrogen-bond donors (Lipinski definition) is 3. The van der Waals surface area contributed by atoms with Gasteiger partial charge in [0.25, 0.3) is 0 Å². The molecule has 0 saturated heterocycles. The van der Waals surface area contributed by atoms with E-state index < -0.39 is 11.9 Å². The Hall–Kier alpha value is -3.41. The molecule has 24 heavy (non-hydrogen) atoms. The molecule has 1 amide bonds. The lowest BCUT2D eigenvalue weighted by Gasteiger charge is -2.03. The van der Waals surface area contributed by atoms with E-state index in [9.17, 15) is 9.59 Å². The molecule has 0 unspecified atom stereocenters. The summed E-state index contributed by atoms with van der Waals surface area (Å²) in [6.07, 6.45) is 3.28. The summed E-state index contributed by atoms with van der Waals surface area (Å²) in [6, 6.07) is 12.6. The number of aromatic nitrogens is 2. The van der Waals surface area contributed by atoms with E-state index in [1.807, 2.05) is 30.3 Å². The number of fused-ring (bicyclic) bond motifs is 1. The fraction of sp³-hybridized carbons (Fsp3) is 0.0556. The average molecular weight is 321 g/mol. The van der Waals surface area contributed by atoms with Gasteiger partial charge < -0.3 is 15.8 Å². The third-order valence-corrected chi connectivity index (χ3v) is 3.61. The summed E-state index contributed by atoms with van der Waals surface area (Å²) in [5.41, 5.74) is 8.43. The molecule has 3 rings (SSSR count). The summed E-state index contributed by atoms with van der Waals surface area (Å²) in [5.74, 6) is -1.46. The Bertz CT molecular complexity index is 943. The molecule has 1 aromatic carbocycles. The summed E-state index contributed by atoms with van der Waals surface area (Å²) < 4.78 is 0. The van der Waals surface area contributed by atoms with Gasteiger partial charge in [-0.2, -0.15) is 0 Å². The van der Waals surface area contributed by atoms with Gasteiger partial charge in [0, 0.05) is 22.7 Å². The number of H-pyrrole nitrogens is 1. The number of rotatable bonds is 5. The number of carbonyl (C=O) groups excluding carboxylic acids is 1. The Balaban J connectivity index is 2.05. The van der Waals surface area contributed by atoms with Gasteiger partial charge in [0.1, 0.15) is 5.65 Å². The zero-order chi connectivity index (χ0) is 17.1. The van der Waals surface area contributed by atoms with E-state index in [0.29, 0.717) is 16.9 Å². The third-order valence-electron chi connectivity index (χ3n) is 3.61. The number of carbonyl (C=O) groups is 2. The van der Waals surface area contributed by atoms with Gasteiger partial charge in [-0.3, -0.25) is 9.59 Å². The maximum Gasteiger partial charge on any atom is 0.309 e. The molecule has 2 aromatic heterocycles. The maximum absolute atomic E-state index is 11.8. The molecule has 0 aliphatic heterocycles. The van der Waals surface area contributed by atoms with Gasteiger partial charge in [-0.1, -0.05) is 30.3 Å². The summed E-state index contributed by atoms with van der Waals surface area (Å²) in [6.45, 7) is 0. The topological polar surface area (TPSA) is 109 Å². The summed E-state index contributed by atoms with van der Waals surface area (Å²) in [5, 5.41) is 9.63. The van der Waals surface area contributed by atoms with Gasteiger partial charge in [0.05, 0.1) is 12.1 Å². The SMILES string of the molecule is NC(=O)C(=Cc1c[nH]c2nc(CC(=O)O)ccc12)c1ccccc1. The number of nitrogens with one attached hydrogen (secondary N) is 1. The van der Waals surface area contributed by atoms with Crippen molar-refractivity contribution < 1.29 is 14.7 Å². The number of nitrogens with two attached hydrogens (primary N) is 1. The summed E-state index contributed by atoms with van der Waals surface area (Å²) in [7, 11) is 0. The smallest absolute Gasteiger partial charge is 0.309 e. The fourth-order valence-corrected chi connectivity index (χ4v) is 2.51. The second-order valence-corrected chi connectivity index (χ2v) is 5.30. The summed E-state index contributed by atoms with van der Waals surface area (Å²) in [4.78, 5) is 29.9. The Kier molecular flexibility index (Phi) is 4.11. The first-order chi connectivity index (χ1) is 11.5. The van der Waals surface area contributed by atoms with Crippen molar-refractivity contribution in [3.63, 3.8) is 0 Å². The van der Waals surface area contributed by atoms with E-state index in [1.54, 1.807) is 24.4 Å². The van der Waals surface area contributed by atoms with Crippen LogP contribution in [0.5, 0.6) is 0 Å². The highest BCUT2D eigenvalue weighted by Crippen LogP contribution is 2.23. The number of primary amides is 1. The molecule has 0 saturated carbocycles. The Morgan fingerprint density at radius 1 is 1.17 bits per heavy atom. The molecule has 0 spiro atoms. The van der Waals surface area contributed by atoms with Crippen LogP contribution in [0.3, 0.4) is 0 Å². The largest absolute Gasteiger partial charge is 0.481 e. The number of nitrogens with zero attached hydrogens (tertiary/aromatic N) is 1. The van der Waals surface area contributed by atoms with Crippen molar-refractivity contribution in [3.05, 3.63) is 65.5 Å². The molecular formula is C18H15N3O3. The molecule has 2 heterocycles. The number of aromatic amines is 1. The predicted octanol–water partition coefficient (Wildman–Crippen LogP) is 2.22. The zero-order valence-electron chi connectivity index (χ0n) is 12.7. The van der Waals surface area contributed by atoms with Gasteiger partial charge in [0.2, 0.25) is 5.91 Å². The van der Waals surface area contributed by atoms with E-state index in [4.69, 9.17) is 10.8 Å². The van der Waals surface area contributed by atoms with Gasteiger partial charge >= 0.3 is 5.97 Å². The predicted molar refractivity (Wildman–Crippen MR) is 90.9 cm³/mol. The van der Waals surface area contributed by atoms with Crippen molar-refractivity contribution in [3.8, 4) is 0 Å². The summed E-state index contributed by atoms with van der Waals surface area (Å²) >= 11 is 0. The molecule has 6 nitrogen and oxygen atoms in total. The van der Waals surface area contributed by atoms with E-state index in [2.05, 4.69) is 9.97 Å². The van der Waals surface area contributed by atoms with Crippen LogP contribution < -0.4 is 5.73 Å². The standard InChI is InChI=1S/C18H15N3O3/c19-17(24)15(11-4-2-1-3-5-11)8-12-10-20-18-14(12)7-6-13(21-18)9-16(22)23/h1-8,10H,9H2,(H2,19,24)(H,20,21)(H,22,23). The molecule has 120 valence electrons. The lowest BCUT2D eigenvalue weighted by molar-refractivity contribution is -0.136. The van der Waals surface area contributed by atoms with Crippen molar-refractivity contribution in [2.45, 2.75) is 6.42 Å². The zero-order valence-corrected chi connectivity index (χ0v) is 12.7. The Labute approximate surface area is 137 Å². The second kappa shape index (κ2) is 6.37. The van der Waals surface area contributed by atoms with Crippen LogP contribution in [-0.4, -0.2) is 27.0 Å². The number of aliphatic carboxylic acids is 1. The molecule has 0 atom stereocenters. The number of carboxylic acid groups (broad SMARTS) is 1. The molecule has 0 aliphatic rings. The fourth-order valence-electron chi connectivity index (χ4n) is 2.51. The molecule has 6 heteroatoms. The van der Waals surface area contributed by atoms with E-state index in [1.165, 1.54) is 0 Å². The molecule has 0 radical (unpaired) electrons. The van der Waals surface area contributed by atoms with Crippen molar-refractivity contribution in [1.82, 2.24) is 9.97 Å². The highest BCUT2D eigenvalue weighted by Gasteiger charge is 2.11. The number of hydrogen-bond acceptors (Lipinski definition) is 3. The molecule has 0 bridgehead atoms. The number of pyridine rings is 1. The first-order valence-electron chi connectivity index (χ1n) is 7.30. The van der Waals surface area contributed by atoms with Crippen molar-refractivity contribution in [2.75, 3.05) is 0 Å². The normalized spacial score (nSPS) is 11.6. The second-order valence-electron chi connectivity index (χ2n) is 5.30. The lowest BCUT2D eigenvalue weighted by Crippen LogP contribution is -2.12. The molecule has 3 aromatic rings. The van der Waals surface area contributed by atoms with E-state index in [-0.39, 0.29) is 6.42 Å². The number of carboxylic acids is 1. The minimum atomic E-state index is -0.936. The Morgan fingerprint density at radius 3 is 2.58 bits per heavy atom. The van der Waals surface area contributed by atoms with Crippen molar-refractivity contribution >= 4 is 34.6 Å². The Morgan fingerprint density at radius 2 is 1.92 bits per heavy atom. The minimum Gasteiger partial charge on any atom is -0.481 e. The van der Waals surface area contributed by atoms with Crippen LogP contribution in [0.25, 0.3) is 22.7 Å². The highest BCUT2D eigenvalue weighted by atomic mass is 16.4. The maximum atomic E-state index is 11.8. The van der Waals surface area contributed by atoms with Crippen molar-refractivity contribution in [2.24, 2.45) is 5.73 Å². The van der Waals surface area contributed by atoms with Gasteiger partial charge in [-0.05, 0) is 23.8 Å². The average Bonchev–Trinajstić information content (AvgIpc) is 2.94. The van der Waals surface area contributed by atoms with Crippen LogP contribution in [-0.2, 0) is 16.0 Å². The first-order valence-corrected chi connectivity index (χ1v) is 7.30. The number of amides is 1. The van der Waals surface area contributed by atoms with Crippen LogP contribution in [0.4, 0.5) is 0 Å². The third kappa shape index (κ3) is 3.17. The molecule has 0 aliphatic carbocycles. The molecule has 4 N–H and O–H groups in total. The van der Waals surface area contributed by atoms with E-state index in [0.717, 1.165) is 16.5 Å². The van der Waals surface area contributed by atoms with E-state index >= 15 is 0 Å². The molecule has 0 fully saturated rings. The number of benzene rings is 1.